The number of hydrogen-bond acceptors (Lipinski definition) is 6. The van der Waals surface area contributed by atoms with E-state index in [2.05, 4.69) is 22.0 Å². The summed E-state index contributed by atoms with van der Waals surface area (Å²) in [4.78, 5) is 21.9. The predicted octanol–water partition coefficient (Wildman–Crippen LogP) is 5.07. The maximum Gasteiger partial charge on any atom is 0.270 e. The van der Waals surface area contributed by atoms with Crippen molar-refractivity contribution in [2.45, 2.75) is 6.54 Å². The zero-order valence-electron chi connectivity index (χ0n) is 20.8. The largest absolute Gasteiger partial charge is 0.497 e. The number of amides is 1. The lowest BCUT2D eigenvalue weighted by molar-refractivity contribution is 0.0619. The van der Waals surface area contributed by atoms with E-state index in [9.17, 15) is 4.79 Å². The number of nitrogens with two attached hydrogens (primary N) is 1. The fourth-order valence-electron chi connectivity index (χ4n) is 4.43. The summed E-state index contributed by atoms with van der Waals surface area (Å²) >= 11 is 0. The topological polar surface area (TPSA) is 85.8 Å². The molecular formula is C27H31Br2N5O3. The van der Waals surface area contributed by atoms with Crippen LogP contribution in [0, 0.1) is 0 Å². The molecule has 0 spiro atoms. The fourth-order valence-corrected chi connectivity index (χ4v) is 4.43. The highest BCUT2D eigenvalue weighted by Gasteiger charge is 2.24. The van der Waals surface area contributed by atoms with Crippen molar-refractivity contribution in [1.29, 1.82) is 0 Å². The van der Waals surface area contributed by atoms with Gasteiger partial charge < -0.3 is 24.7 Å². The van der Waals surface area contributed by atoms with Crippen molar-refractivity contribution in [1.82, 2.24) is 19.4 Å². The molecule has 1 fully saturated rings. The molecule has 0 unspecified atom stereocenters. The summed E-state index contributed by atoms with van der Waals surface area (Å²) in [5.74, 6) is 2.04. The minimum absolute atomic E-state index is 0. The van der Waals surface area contributed by atoms with Gasteiger partial charge >= 0.3 is 0 Å². The second-order valence-electron chi connectivity index (χ2n) is 8.76. The molecule has 196 valence electrons. The molecule has 1 aliphatic rings. The lowest BCUT2D eigenvalue weighted by Crippen LogP contribution is -2.48. The normalized spacial score (nSPS) is 13.5. The van der Waals surface area contributed by atoms with Gasteiger partial charge in [0.2, 0.25) is 5.88 Å². The standard InChI is InChI=1S/C27H29N5O3.2BrH/c1-30-24-9-8-23(35-26-10-5-21(28)17-29-26)15-20(24)16-25(30)27(33)32-13-11-31(12-14-32)18-19-3-6-22(34-2)7-4-19;;/h3-10,15-17H,11-14,18,28H2,1-2H3;2*1H. The molecule has 1 amide bonds. The van der Waals surface area contributed by atoms with Crippen molar-refractivity contribution < 1.29 is 14.3 Å². The third-order valence-electron chi connectivity index (χ3n) is 6.44. The van der Waals surface area contributed by atoms with Crippen LogP contribution in [0.2, 0.25) is 0 Å². The number of hydrogen-bond donors (Lipinski definition) is 1. The second-order valence-corrected chi connectivity index (χ2v) is 8.76. The molecule has 8 nitrogen and oxygen atoms in total. The van der Waals surface area contributed by atoms with E-state index in [0.717, 1.165) is 36.3 Å². The summed E-state index contributed by atoms with van der Waals surface area (Å²) in [5, 5.41) is 0.946. The first-order valence-electron chi connectivity index (χ1n) is 11.6. The van der Waals surface area contributed by atoms with E-state index >= 15 is 0 Å². The number of benzene rings is 2. The zero-order chi connectivity index (χ0) is 24.4. The van der Waals surface area contributed by atoms with Crippen LogP contribution in [-0.2, 0) is 13.6 Å². The molecule has 5 rings (SSSR count). The number of anilines is 1. The van der Waals surface area contributed by atoms with E-state index in [1.807, 2.05) is 52.9 Å². The van der Waals surface area contributed by atoms with Crippen LogP contribution in [0.25, 0.3) is 10.9 Å². The highest BCUT2D eigenvalue weighted by molar-refractivity contribution is 8.93. The smallest absolute Gasteiger partial charge is 0.270 e. The number of nitrogens with zero attached hydrogens (tertiary/aromatic N) is 4. The third kappa shape index (κ3) is 6.44. The Kier molecular flexibility index (Phi) is 9.58. The second kappa shape index (κ2) is 12.4. The first-order chi connectivity index (χ1) is 17.0. The first-order valence-corrected chi connectivity index (χ1v) is 11.6. The van der Waals surface area contributed by atoms with Gasteiger partial charge in [-0.05, 0) is 48.0 Å². The van der Waals surface area contributed by atoms with Gasteiger partial charge in [0, 0.05) is 56.7 Å². The van der Waals surface area contributed by atoms with Crippen LogP contribution in [0.1, 0.15) is 16.1 Å². The summed E-state index contributed by atoms with van der Waals surface area (Å²) in [6, 6.07) is 19.3. The number of aromatic nitrogens is 2. The number of piperazine rings is 1. The van der Waals surface area contributed by atoms with Gasteiger partial charge in [-0.2, -0.15) is 0 Å². The van der Waals surface area contributed by atoms with Crippen molar-refractivity contribution in [3.63, 3.8) is 0 Å². The van der Waals surface area contributed by atoms with Gasteiger partial charge in [0.25, 0.3) is 5.91 Å². The molecule has 0 aliphatic carbocycles. The van der Waals surface area contributed by atoms with Gasteiger partial charge in [-0.1, -0.05) is 12.1 Å². The average molecular weight is 633 g/mol. The third-order valence-corrected chi connectivity index (χ3v) is 6.44. The Labute approximate surface area is 237 Å². The molecule has 1 aliphatic heterocycles. The van der Waals surface area contributed by atoms with Crippen molar-refractivity contribution in [3.8, 4) is 17.4 Å². The molecule has 0 saturated carbocycles. The van der Waals surface area contributed by atoms with Gasteiger partial charge in [0.1, 0.15) is 17.2 Å². The van der Waals surface area contributed by atoms with E-state index in [-0.39, 0.29) is 39.9 Å². The highest BCUT2D eigenvalue weighted by atomic mass is 79.9. The molecule has 37 heavy (non-hydrogen) atoms. The number of pyridine rings is 1. The lowest BCUT2D eigenvalue weighted by Gasteiger charge is -2.34. The van der Waals surface area contributed by atoms with Crippen molar-refractivity contribution in [2.24, 2.45) is 7.05 Å². The number of ether oxygens (including phenoxy) is 2. The van der Waals surface area contributed by atoms with Gasteiger partial charge in [-0.3, -0.25) is 9.69 Å². The number of rotatable bonds is 6. The van der Waals surface area contributed by atoms with E-state index in [4.69, 9.17) is 15.2 Å². The summed E-state index contributed by atoms with van der Waals surface area (Å²) in [6.45, 7) is 3.95. The monoisotopic (exact) mass is 631 g/mol. The lowest BCUT2D eigenvalue weighted by atomic mass is 10.2. The first kappa shape index (κ1) is 28.5. The van der Waals surface area contributed by atoms with Gasteiger partial charge in [-0.25, -0.2) is 4.98 Å². The maximum atomic E-state index is 13.4. The van der Waals surface area contributed by atoms with Crippen LogP contribution in [0.15, 0.2) is 66.9 Å². The number of methoxy groups -OCH3 is 1. The molecule has 0 radical (unpaired) electrons. The van der Waals surface area contributed by atoms with Crippen molar-refractivity contribution in [2.75, 3.05) is 39.0 Å². The number of halogens is 2. The Bertz CT molecular complexity index is 1330. The summed E-state index contributed by atoms with van der Waals surface area (Å²) < 4.78 is 13.0. The van der Waals surface area contributed by atoms with E-state index in [1.165, 1.54) is 5.56 Å². The van der Waals surface area contributed by atoms with E-state index < -0.39 is 0 Å². The fraction of sp³-hybridized carbons (Fsp3) is 0.259. The Balaban J connectivity index is 0.00000190. The molecule has 2 aromatic carbocycles. The molecule has 0 bridgehead atoms. The molecule has 2 aromatic heterocycles. The molecular weight excluding hydrogens is 602 g/mol. The summed E-state index contributed by atoms with van der Waals surface area (Å²) in [7, 11) is 3.60. The Morgan fingerprint density at radius 3 is 2.30 bits per heavy atom. The van der Waals surface area contributed by atoms with Crippen molar-refractivity contribution in [3.05, 3.63) is 78.1 Å². The van der Waals surface area contributed by atoms with Crippen LogP contribution < -0.4 is 15.2 Å². The maximum absolute atomic E-state index is 13.4. The number of carbonyl (C=O) groups is 1. The van der Waals surface area contributed by atoms with Crippen LogP contribution in [-0.4, -0.2) is 58.5 Å². The van der Waals surface area contributed by atoms with Crippen LogP contribution in [0.4, 0.5) is 5.69 Å². The molecule has 3 heterocycles. The average Bonchev–Trinajstić information content (AvgIpc) is 3.21. The van der Waals surface area contributed by atoms with Gasteiger partial charge in [0.15, 0.2) is 0 Å². The molecule has 2 N–H and O–H groups in total. The minimum atomic E-state index is 0. The Morgan fingerprint density at radius 2 is 1.65 bits per heavy atom. The van der Waals surface area contributed by atoms with Gasteiger partial charge in [0.05, 0.1) is 19.0 Å². The van der Waals surface area contributed by atoms with Crippen LogP contribution >= 0.6 is 34.0 Å². The number of fused-ring (bicyclic) bond motifs is 1. The SMILES string of the molecule is Br.Br.COc1ccc(CN2CCN(C(=O)c3cc4cc(Oc5ccc(N)cn5)ccc4n3C)CC2)cc1. The molecule has 0 atom stereocenters. The zero-order valence-corrected chi connectivity index (χ0v) is 24.2. The highest BCUT2D eigenvalue weighted by Crippen LogP contribution is 2.28. The van der Waals surface area contributed by atoms with Crippen LogP contribution in [0.5, 0.6) is 17.4 Å². The quantitative estimate of drug-likeness (QED) is 0.320. The number of nitrogen functional groups attached to an aromatic ring is 1. The molecule has 1 saturated heterocycles. The summed E-state index contributed by atoms with van der Waals surface area (Å²) in [5.41, 5.74) is 9.17. The Morgan fingerprint density at radius 1 is 0.946 bits per heavy atom. The van der Waals surface area contributed by atoms with Crippen LogP contribution in [0.3, 0.4) is 0 Å². The Hall–Kier alpha value is -3.08. The number of aryl methyl sites for hydroxylation is 1. The minimum Gasteiger partial charge on any atom is -0.497 e. The van der Waals surface area contributed by atoms with Gasteiger partial charge in [-0.15, -0.1) is 34.0 Å². The summed E-state index contributed by atoms with van der Waals surface area (Å²) in [6.07, 6.45) is 1.56. The molecule has 10 heteroatoms. The predicted molar refractivity (Wildman–Crippen MR) is 156 cm³/mol. The van der Waals surface area contributed by atoms with E-state index in [0.29, 0.717) is 36.1 Å². The van der Waals surface area contributed by atoms with E-state index in [1.54, 1.807) is 25.4 Å². The van der Waals surface area contributed by atoms with Crippen molar-refractivity contribution >= 4 is 56.5 Å². The molecule has 4 aromatic rings. The number of carbonyl (C=O) groups excluding carboxylic acids is 1.